The number of anilines is 1. The third-order valence-corrected chi connectivity index (χ3v) is 10.1. The average molecular weight is 609 g/mol. The zero-order chi connectivity index (χ0) is 30.7. The van der Waals surface area contributed by atoms with Crippen molar-refractivity contribution < 1.29 is 33.4 Å². The molecular weight excluding hydrogens is 564 g/mol. The number of rotatable bonds is 15. The third kappa shape index (κ3) is 6.68. The average Bonchev–Trinajstić information content (AvgIpc) is 3.22. The Morgan fingerprint density at radius 2 is 1.55 bits per heavy atom. The number of fused-ring (bicyclic) bond motifs is 1. The maximum atomic E-state index is 13.2. The predicted octanol–water partition coefficient (Wildman–Crippen LogP) is 3.04. The first-order valence-corrected chi connectivity index (χ1v) is 16.3. The van der Waals surface area contributed by atoms with E-state index in [9.17, 15) is 24.0 Å². The molecule has 5 fully saturated rings. The molecule has 3 N–H and O–H groups in total. The monoisotopic (exact) mass is 608 g/mol. The van der Waals surface area contributed by atoms with E-state index in [1.54, 1.807) is 18.2 Å². The summed E-state index contributed by atoms with van der Waals surface area (Å²) >= 11 is 0. The lowest BCUT2D eigenvalue weighted by atomic mass is 9.49. The quantitative estimate of drug-likeness (QED) is 0.204. The minimum absolute atomic E-state index is 0.0829. The van der Waals surface area contributed by atoms with Crippen molar-refractivity contribution in [2.45, 2.75) is 76.7 Å². The van der Waals surface area contributed by atoms with Crippen LogP contribution in [-0.2, 0) is 23.9 Å². The van der Waals surface area contributed by atoms with Crippen molar-refractivity contribution in [3.63, 3.8) is 0 Å². The van der Waals surface area contributed by atoms with Gasteiger partial charge in [-0.2, -0.15) is 0 Å². The van der Waals surface area contributed by atoms with Crippen LogP contribution in [0.1, 0.15) is 91.3 Å². The highest BCUT2D eigenvalue weighted by Gasteiger charge is 2.51. The number of amides is 5. The number of imide groups is 2. The fourth-order valence-electron chi connectivity index (χ4n) is 8.69. The van der Waals surface area contributed by atoms with Crippen LogP contribution in [0.2, 0.25) is 0 Å². The van der Waals surface area contributed by atoms with E-state index >= 15 is 0 Å². The number of benzene rings is 1. The Labute approximate surface area is 258 Å². The van der Waals surface area contributed by atoms with Gasteiger partial charge in [-0.25, -0.2) is 0 Å². The Balaban J connectivity index is 0.816. The van der Waals surface area contributed by atoms with Crippen molar-refractivity contribution in [2.75, 3.05) is 44.8 Å². The molecule has 4 aliphatic carbocycles. The lowest BCUT2D eigenvalue weighted by Gasteiger charge is -2.56. The molecule has 1 saturated heterocycles. The summed E-state index contributed by atoms with van der Waals surface area (Å²) in [6.45, 7) is 3.19. The highest BCUT2D eigenvalue weighted by Crippen LogP contribution is 2.61. The van der Waals surface area contributed by atoms with Gasteiger partial charge in [-0.15, -0.1) is 0 Å². The second-order valence-corrected chi connectivity index (χ2v) is 13.5. The number of carbonyl (C=O) groups is 5. The van der Waals surface area contributed by atoms with Gasteiger partial charge in [0.1, 0.15) is 6.04 Å². The fourth-order valence-corrected chi connectivity index (χ4v) is 8.69. The van der Waals surface area contributed by atoms with Gasteiger partial charge in [0, 0.05) is 44.8 Å². The SMILES string of the molecule is O=C(CC12CC3CC(CC(C3)C1)C2)NCCCOCCOCCCNc1cccc2c1C(=O)N(C1CCC(=O)NC1=O)C2=O. The summed E-state index contributed by atoms with van der Waals surface area (Å²) < 4.78 is 11.3. The molecule has 11 nitrogen and oxygen atoms in total. The van der Waals surface area contributed by atoms with Crippen molar-refractivity contribution in [1.29, 1.82) is 0 Å². The Morgan fingerprint density at radius 3 is 2.20 bits per heavy atom. The van der Waals surface area contributed by atoms with E-state index in [2.05, 4.69) is 16.0 Å². The molecule has 11 heteroatoms. The van der Waals surface area contributed by atoms with Crippen molar-refractivity contribution in [3.8, 4) is 0 Å². The van der Waals surface area contributed by atoms with Crippen LogP contribution < -0.4 is 16.0 Å². The van der Waals surface area contributed by atoms with E-state index < -0.39 is 29.7 Å². The summed E-state index contributed by atoms with van der Waals surface area (Å²) in [6.07, 6.45) is 10.3. The first kappa shape index (κ1) is 30.7. The molecule has 6 aliphatic rings. The molecule has 1 aromatic rings. The van der Waals surface area contributed by atoms with Gasteiger partial charge in [-0.05, 0) is 93.1 Å². The summed E-state index contributed by atoms with van der Waals surface area (Å²) in [7, 11) is 0. The Morgan fingerprint density at radius 1 is 0.886 bits per heavy atom. The van der Waals surface area contributed by atoms with Gasteiger partial charge in [0.25, 0.3) is 11.8 Å². The maximum absolute atomic E-state index is 13.2. The summed E-state index contributed by atoms with van der Waals surface area (Å²) in [6, 6.07) is 4.02. The second-order valence-electron chi connectivity index (χ2n) is 13.5. The van der Waals surface area contributed by atoms with E-state index in [1.165, 1.54) is 38.5 Å². The molecule has 1 atom stereocenters. The molecule has 4 saturated carbocycles. The largest absolute Gasteiger partial charge is 0.384 e. The molecule has 0 spiro atoms. The number of hydrogen-bond acceptors (Lipinski definition) is 8. The molecule has 0 radical (unpaired) electrons. The highest BCUT2D eigenvalue weighted by molar-refractivity contribution is 6.25. The molecule has 44 heavy (non-hydrogen) atoms. The van der Waals surface area contributed by atoms with Crippen LogP contribution in [0.4, 0.5) is 5.69 Å². The summed E-state index contributed by atoms with van der Waals surface area (Å²) in [5, 5.41) is 8.53. The molecule has 1 aromatic carbocycles. The van der Waals surface area contributed by atoms with Crippen LogP contribution in [0.25, 0.3) is 0 Å². The molecule has 2 aliphatic heterocycles. The van der Waals surface area contributed by atoms with Gasteiger partial charge >= 0.3 is 0 Å². The van der Waals surface area contributed by atoms with Crippen LogP contribution in [-0.4, -0.2) is 80.0 Å². The smallest absolute Gasteiger partial charge is 0.264 e. The van der Waals surface area contributed by atoms with Gasteiger partial charge in [0.2, 0.25) is 17.7 Å². The highest BCUT2D eigenvalue weighted by atomic mass is 16.5. The second kappa shape index (κ2) is 13.4. The van der Waals surface area contributed by atoms with Crippen LogP contribution in [0.15, 0.2) is 18.2 Å². The first-order chi connectivity index (χ1) is 21.3. The number of piperidine rings is 1. The molecule has 7 rings (SSSR count). The molecule has 5 amide bonds. The molecule has 2 heterocycles. The van der Waals surface area contributed by atoms with E-state index in [1.807, 2.05) is 0 Å². The predicted molar refractivity (Wildman–Crippen MR) is 161 cm³/mol. The van der Waals surface area contributed by atoms with Gasteiger partial charge in [0.05, 0.1) is 24.3 Å². The first-order valence-electron chi connectivity index (χ1n) is 16.3. The van der Waals surface area contributed by atoms with Crippen LogP contribution >= 0.6 is 0 Å². The molecular formula is C33H44N4O7. The molecule has 1 unspecified atom stereocenters. The normalized spacial score (nSPS) is 28.8. The number of nitrogens with one attached hydrogen (secondary N) is 3. The fraction of sp³-hybridized carbons (Fsp3) is 0.667. The Bertz CT molecular complexity index is 1260. The summed E-state index contributed by atoms with van der Waals surface area (Å²) in [4.78, 5) is 63.5. The van der Waals surface area contributed by atoms with E-state index in [0.29, 0.717) is 58.0 Å². The summed E-state index contributed by atoms with van der Waals surface area (Å²) in [5.74, 6) is 0.715. The standard InChI is InChI=1S/C33H44N4O7/c38-27-7-6-26(30(40)36-27)37-31(41)24-4-1-5-25(29(24)32(37)42)34-8-2-10-43-12-13-44-11-3-9-35-28(39)20-33-17-21-14-22(18-33)16-23(15-21)19-33/h1,4-5,21-23,26,34H,2-3,6-20H2,(H,35,39)(H,36,38,40). The van der Waals surface area contributed by atoms with E-state index in [0.717, 1.165) is 29.1 Å². The number of carbonyl (C=O) groups excluding carboxylic acids is 5. The lowest BCUT2D eigenvalue weighted by Crippen LogP contribution is -2.54. The van der Waals surface area contributed by atoms with Crippen molar-refractivity contribution in [2.24, 2.45) is 23.2 Å². The maximum Gasteiger partial charge on any atom is 0.264 e. The Kier molecular flexibility index (Phi) is 9.32. The zero-order valence-corrected chi connectivity index (χ0v) is 25.4. The van der Waals surface area contributed by atoms with Crippen molar-refractivity contribution in [3.05, 3.63) is 29.3 Å². The van der Waals surface area contributed by atoms with Crippen LogP contribution in [0.5, 0.6) is 0 Å². The minimum atomic E-state index is -0.988. The third-order valence-electron chi connectivity index (χ3n) is 10.1. The van der Waals surface area contributed by atoms with Crippen LogP contribution in [0.3, 0.4) is 0 Å². The zero-order valence-electron chi connectivity index (χ0n) is 25.4. The van der Waals surface area contributed by atoms with Crippen molar-refractivity contribution >= 4 is 35.2 Å². The van der Waals surface area contributed by atoms with E-state index in [4.69, 9.17) is 9.47 Å². The topological polar surface area (TPSA) is 143 Å². The van der Waals surface area contributed by atoms with Crippen molar-refractivity contribution in [1.82, 2.24) is 15.5 Å². The number of nitrogens with zero attached hydrogens (tertiary/aromatic N) is 1. The Hall–Kier alpha value is -3.31. The molecule has 238 valence electrons. The van der Waals surface area contributed by atoms with Gasteiger partial charge in [-0.3, -0.25) is 34.2 Å². The minimum Gasteiger partial charge on any atom is -0.384 e. The van der Waals surface area contributed by atoms with Crippen LogP contribution in [0, 0.1) is 23.2 Å². The molecule has 4 bridgehead atoms. The van der Waals surface area contributed by atoms with Gasteiger partial charge in [0.15, 0.2) is 0 Å². The summed E-state index contributed by atoms with van der Waals surface area (Å²) in [5.41, 5.74) is 1.31. The number of ether oxygens (including phenoxy) is 2. The lowest BCUT2D eigenvalue weighted by molar-refractivity contribution is -0.136. The molecule has 0 aromatic heterocycles. The van der Waals surface area contributed by atoms with Gasteiger partial charge < -0.3 is 20.1 Å². The van der Waals surface area contributed by atoms with E-state index in [-0.39, 0.29) is 35.3 Å². The number of hydrogen-bond donors (Lipinski definition) is 3. The van der Waals surface area contributed by atoms with Gasteiger partial charge in [-0.1, -0.05) is 6.07 Å².